The van der Waals surface area contributed by atoms with E-state index in [1.165, 1.54) is 0 Å². The van der Waals surface area contributed by atoms with Gasteiger partial charge in [0.15, 0.2) is 17.1 Å². The van der Waals surface area contributed by atoms with Crippen LogP contribution < -0.4 is 15.2 Å². The van der Waals surface area contributed by atoms with E-state index in [0.29, 0.717) is 35.5 Å². The molecule has 0 saturated carbocycles. The highest BCUT2D eigenvalue weighted by molar-refractivity contribution is 6.00. The van der Waals surface area contributed by atoms with Crippen LogP contribution in [0.1, 0.15) is 0 Å². The van der Waals surface area contributed by atoms with E-state index in [9.17, 15) is 9.59 Å². The van der Waals surface area contributed by atoms with E-state index < -0.39 is 0 Å². The van der Waals surface area contributed by atoms with Crippen molar-refractivity contribution in [1.29, 1.82) is 0 Å². The summed E-state index contributed by atoms with van der Waals surface area (Å²) in [7, 11) is 1.97. The number of hydrogen-bond acceptors (Lipinski definition) is 5. The monoisotopic (exact) mass is 435 g/mol. The molecule has 0 saturated heterocycles. The number of para-hydroxylation sites is 4. The first-order valence-electron chi connectivity index (χ1n) is 10.9. The topological polar surface area (TPSA) is 71.3 Å². The van der Waals surface area contributed by atoms with Gasteiger partial charge in [0.2, 0.25) is 5.91 Å². The van der Waals surface area contributed by atoms with Crippen molar-refractivity contribution in [2.75, 3.05) is 29.9 Å². The van der Waals surface area contributed by atoms with Crippen molar-refractivity contribution >= 4 is 50.4 Å². The lowest BCUT2D eigenvalue weighted by molar-refractivity contribution is -0.119. The molecular weight excluding hydrogens is 414 g/mol. The summed E-state index contributed by atoms with van der Waals surface area (Å²) in [5, 5.41) is 1.21. The second kappa shape index (κ2) is 7.41. The number of aromatic nitrogens is 3. The number of amides is 1. The number of rotatable bonds is 2. The second-order valence-corrected chi connectivity index (χ2v) is 8.28. The maximum atomic E-state index is 13.7. The maximum Gasteiger partial charge on any atom is 0.248 e. The Kier molecular flexibility index (Phi) is 4.36. The summed E-state index contributed by atoms with van der Waals surface area (Å²) in [5.74, 6) is 1.18. The standard InChI is InChI=1S/C26H21N5O2/c1-29-14-15-30(26-25(29)27-19-10-4-5-11-20(19)28-26)23(32)16-31-21-12-6-2-8-17(21)24(33)18-9-3-7-13-22(18)31/h2-13H,14-16H2,1H3. The normalized spacial score (nSPS) is 13.6. The molecular formula is C26H21N5O2. The lowest BCUT2D eigenvalue weighted by Crippen LogP contribution is -2.45. The molecule has 162 valence electrons. The lowest BCUT2D eigenvalue weighted by atomic mass is 10.1. The van der Waals surface area contributed by atoms with Crippen LogP contribution in [0, 0.1) is 0 Å². The number of nitrogens with zero attached hydrogens (tertiary/aromatic N) is 5. The number of likely N-dealkylation sites (N-methyl/N-ethyl adjacent to an activating group) is 1. The van der Waals surface area contributed by atoms with Gasteiger partial charge in [0.25, 0.3) is 0 Å². The summed E-state index contributed by atoms with van der Waals surface area (Å²) in [6.45, 7) is 1.28. The average Bonchev–Trinajstić information content (AvgIpc) is 2.86. The highest BCUT2D eigenvalue weighted by Crippen LogP contribution is 2.31. The highest BCUT2D eigenvalue weighted by atomic mass is 16.2. The van der Waals surface area contributed by atoms with Crippen molar-refractivity contribution in [1.82, 2.24) is 14.5 Å². The molecule has 0 atom stereocenters. The number of pyridine rings is 1. The SMILES string of the molecule is CN1CCN(C(=O)Cn2c3ccccc3c(=O)c3ccccc32)c2nc3ccccc3nc21. The highest BCUT2D eigenvalue weighted by Gasteiger charge is 2.29. The minimum absolute atomic E-state index is 0.0211. The Morgan fingerprint density at radius 3 is 1.97 bits per heavy atom. The Bertz CT molecular complexity index is 1560. The van der Waals surface area contributed by atoms with Gasteiger partial charge in [-0.15, -0.1) is 0 Å². The molecule has 0 N–H and O–H groups in total. The van der Waals surface area contributed by atoms with Gasteiger partial charge >= 0.3 is 0 Å². The van der Waals surface area contributed by atoms with Gasteiger partial charge in [-0.1, -0.05) is 36.4 Å². The molecule has 7 nitrogen and oxygen atoms in total. The van der Waals surface area contributed by atoms with Crippen LogP contribution >= 0.6 is 0 Å². The van der Waals surface area contributed by atoms with Gasteiger partial charge in [0, 0.05) is 30.9 Å². The summed E-state index contributed by atoms with van der Waals surface area (Å²) in [6.07, 6.45) is 0. The molecule has 0 radical (unpaired) electrons. The van der Waals surface area contributed by atoms with Crippen molar-refractivity contribution in [3.05, 3.63) is 83.0 Å². The quantitative estimate of drug-likeness (QED) is 0.397. The molecule has 5 aromatic rings. The molecule has 0 bridgehead atoms. The minimum atomic E-state index is -0.0899. The van der Waals surface area contributed by atoms with Crippen LogP contribution in [0.15, 0.2) is 77.6 Å². The number of hydrogen-bond donors (Lipinski definition) is 0. The van der Waals surface area contributed by atoms with Gasteiger partial charge in [-0.3, -0.25) is 14.5 Å². The first kappa shape index (κ1) is 19.4. The summed E-state index contributed by atoms with van der Waals surface area (Å²) in [6, 6.07) is 22.6. The molecule has 1 aliphatic rings. The number of anilines is 2. The van der Waals surface area contributed by atoms with Crippen LogP contribution in [0.3, 0.4) is 0 Å². The van der Waals surface area contributed by atoms with Gasteiger partial charge in [0.05, 0.1) is 22.1 Å². The average molecular weight is 435 g/mol. The Hall–Kier alpha value is -4.26. The summed E-state index contributed by atoms with van der Waals surface area (Å²) in [5.41, 5.74) is 3.02. The third kappa shape index (κ3) is 3.04. The Balaban J connectivity index is 1.49. The predicted octanol–water partition coefficient (Wildman–Crippen LogP) is 3.58. The van der Waals surface area contributed by atoms with Gasteiger partial charge in [-0.05, 0) is 36.4 Å². The zero-order valence-electron chi connectivity index (χ0n) is 18.1. The molecule has 0 aliphatic carbocycles. The zero-order valence-corrected chi connectivity index (χ0v) is 18.1. The predicted molar refractivity (Wildman–Crippen MR) is 131 cm³/mol. The number of benzene rings is 3. The lowest BCUT2D eigenvalue weighted by Gasteiger charge is -2.34. The van der Waals surface area contributed by atoms with E-state index >= 15 is 0 Å². The van der Waals surface area contributed by atoms with Gasteiger partial charge in [-0.25, -0.2) is 9.97 Å². The third-order valence-electron chi connectivity index (χ3n) is 6.28. The van der Waals surface area contributed by atoms with Gasteiger partial charge in [0.1, 0.15) is 6.54 Å². The van der Waals surface area contributed by atoms with Crippen LogP contribution in [0.2, 0.25) is 0 Å². The van der Waals surface area contributed by atoms with Crippen LogP contribution in [-0.2, 0) is 11.3 Å². The second-order valence-electron chi connectivity index (χ2n) is 8.28. The van der Waals surface area contributed by atoms with Crippen LogP contribution in [-0.4, -0.2) is 40.6 Å². The van der Waals surface area contributed by atoms with Crippen molar-refractivity contribution in [3.63, 3.8) is 0 Å². The number of carbonyl (C=O) groups is 1. The van der Waals surface area contributed by atoms with Gasteiger partial charge < -0.3 is 9.47 Å². The van der Waals surface area contributed by atoms with E-state index in [-0.39, 0.29) is 17.9 Å². The van der Waals surface area contributed by atoms with E-state index in [2.05, 4.69) is 0 Å². The smallest absolute Gasteiger partial charge is 0.248 e. The molecule has 0 spiro atoms. The Morgan fingerprint density at radius 1 is 0.788 bits per heavy atom. The number of fused-ring (bicyclic) bond motifs is 4. The minimum Gasteiger partial charge on any atom is -0.355 e. The van der Waals surface area contributed by atoms with Crippen LogP contribution in [0.25, 0.3) is 32.8 Å². The van der Waals surface area contributed by atoms with E-state index in [0.717, 1.165) is 22.1 Å². The largest absolute Gasteiger partial charge is 0.355 e. The molecule has 7 heteroatoms. The molecule has 33 heavy (non-hydrogen) atoms. The summed E-state index contributed by atoms with van der Waals surface area (Å²) < 4.78 is 1.93. The van der Waals surface area contributed by atoms with Crippen molar-refractivity contribution in [2.45, 2.75) is 6.54 Å². The number of carbonyl (C=O) groups excluding carboxylic acids is 1. The molecule has 3 aromatic carbocycles. The Morgan fingerprint density at radius 2 is 1.33 bits per heavy atom. The molecule has 1 amide bonds. The molecule has 0 unspecified atom stereocenters. The summed E-state index contributed by atoms with van der Waals surface area (Å²) >= 11 is 0. The zero-order chi connectivity index (χ0) is 22.5. The molecule has 2 aromatic heterocycles. The first-order valence-corrected chi connectivity index (χ1v) is 10.9. The van der Waals surface area contributed by atoms with Crippen molar-refractivity contribution in [2.24, 2.45) is 0 Å². The molecule has 1 aliphatic heterocycles. The van der Waals surface area contributed by atoms with Gasteiger partial charge in [-0.2, -0.15) is 0 Å². The van der Waals surface area contributed by atoms with Crippen LogP contribution in [0.5, 0.6) is 0 Å². The maximum absolute atomic E-state index is 13.7. The fourth-order valence-electron chi connectivity index (χ4n) is 4.59. The first-order chi connectivity index (χ1) is 16.1. The summed E-state index contributed by atoms with van der Waals surface area (Å²) in [4.78, 5) is 40.0. The fourth-order valence-corrected chi connectivity index (χ4v) is 4.59. The van der Waals surface area contributed by atoms with E-state index in [1.807, 2.05) is 89.3 Å². The van der Waals surface area contributed by atoms with Crippen molar-refractivity contribution in [3.8, 4) is 0 Å². The van der Waals surface area contributed by atoms with Crippen LogP contribution in [0.4, 0.5) is 11.6 Å². The molecule has 3 heterocycles. The van der Waals surface area contributed by atoms with E-state index in [4.69, 9.17) is 9.97 Å². The third-order valence-corrected chi connectivity index (χ3v) is 6.28. The molecule has 0 fully saturated rings. The fraction of sp³-hybridized carbons (Fsp3) is 0.154. The van der Waals surface area contributed by atoms with E-state index in [1.54, 1.807) is 4.90 Å². The van der Waals surface area contributed by atoms with Crippen molar-refractivity contribution < 1.29 is 4.79 Å². The molecule has 6 rings (SSSR count). The Labute approximate surface area is 189 Å².